The second-order valence-electron chi connectivity index (χ2n) is 7.65. The number of benzene rings is 2. The van der Waals surface area contributed by atoms with Crippen LogP contribution in [0, 0.1) is 6.92 Å². The van der Waals surface area contributed by atoms with E-state index in [1.54, 1.807) is 6.08 Å². The first-order chi connectivity index (χ1) is 16.1. The van der Waals surface area contributed by atoms with Crippen molar-refractivity contribution in [1.82, 2.24) is 20.1 Å². The lowest BCUT2D eigenvalue weighted by Crippen LogP contribution is -2.29. The van der Waals surface area contributed by atoms with E-state index >= 15 is 0 Å². The van der Waals surface area contributed by atoms with Crippen LogP contribution in [0.1, 0.15) is 17.8 Å². The summed E-state index contributed by atoms with van der Waals surface area (Å²) in [7, 11) is 2.06. The highest BCUT2D eigenvalue weighted by Gasteiger charge is 2.14. The van der Waals surface area contributed by atoms with Gasteiger partial charge in [-0.1, -0.05) is 48.2 Å². The summed E-state index contributed by atoms with van der Waals surface area (Å²) in [5.74, 6) is 1.74. The molecule has 33 heavy (non-hydrogen) atoms. The van der Waals surface area contributed by atoms with E-state index in [1.807, 2.05) is 54.0 Å². The number of anilines is 1. The molecule has 0 saturated carbocycles. The normalized spacial score (nSPS) is 10.6. The SMILES string of the molecule is C=CCn1c(COc2cccc(C)c2)nnc1SCC(=O)NCCCN(C)c1ccccc1. The first-order valence-corrected chi connectivity index (χ1v) is 11.9. The fourth-order valence-corrected chi connectivity index (χ4v) is 4.03. The number of allylic oxidation sites excluding steroid dienone is 1. The lowest BCUT2D eigenvalue weighted by molar-refractivity contribution is -0.118. The Hall–Kier alpha value is -3.26. The van der Waals surface area contributed by atoms with Gasteiger partial charge >= 0.3 is 0 Å². The van der Waals surface area contributed by atoms with Gasteiger partial charge in [0, 0.05) is 32.4 Å². The number of ether oxygens (including phenoxy) is 1. The molecule has 1 aromatic heterocycles. The summed E-state index contributed by atoms with van der Waals surface area (Å²) in [5.41, 5.74) is 2.30. The monoisotopic (exact) mass is 465 g/mol. The molecule has 3 rings (SSSR count). The van der Waals surface area contributed by atoms with Gasteiger partial charge in [-0.15, -0.1) is 16.8 Å². The summed E-state index contributed by atoms with van der Waals surface area (Å²) in [6.45, 7) is 8.19. The van der Waals surface area contributed by atoms with Crippen LogP contribution < -0.4 is 15.0 Å². The molecule has 174 valence electrons. The zero-order valence-corrected chi connectivity index (χ0v) is 20.1. The lowest BCUT2D eigenvalue weighted by Gasteiger charge is -2.19. The molecule has 7 nitrogen and oxygen atoms in total. The summed E-state index contributed by atoms with van der Waals surface area (Å²) in [4.78, 5) is 14.5. The molecule has 0 fully saturated rings. The molecule has 0 radical (unpaired) electrons. The van der Waals surface area contributed by atoms with Gasteiger partial charge in [-0.05, 0) is 43.2 Å². The Kier molecular flexibility index (Phi) is 9.38. The standard InChI is InChI=1S/C25H31N5O2S/c1-4-15-30-23(18-32-22-13-8-10-20(2)17-22)27-28-25(30)33-19-24(31)26-14-9-16-29(3)21-11-6-5-7-12-21/h4-8,10-13,17H,1,9,14-16,18-19H2,2-3H3,(H,26,31). The third-order valence-electron chi connectivity index (χ3n) is 4.98. The fraction of sp³-hybridized carbons (Fsp3) is 0.320. The quantitative estimate of drug-likeness (QED) is 0.233. The van der Waals surface area contributed by atoms with Crippen LogP contribution in [-0.2, 0) is 17.9 Å². The topological polar surface area (TPSA) is 72.3 Å². The number of hydrogen-bond acceptors (Lipinski definition) is 6. The van der Waals surface area contributed by atoms with E-state index in [-0.39, 0.29) is 11.7 Å². The first kappa shape index (κ1) is 24.4. The van der Waals surface area contributed by atoms with E-state index in [0.29, 0.717) is 30.7 Å². The molecule has 0 aliphatic carbocycles. The fourth-order valence-electron chi connectivity index (χ4n) is 3.23. The second kappa shape index (κ2) is 12.7. The van der Waals surface area contributed by atoms with Gasteiger partial charge in [0.05, 0.1) is 5.75 Å². The van der Waals surface area contributed by atoms with E-state index in [9.17, 15) is 4.79 Å². The van der Waals surface area contributed by atoms with Gasteiger partial charge in [0.1, 0.15) is 12.4 Å². The number of thioether (sulfide) groups is 1. The molecule has 3 aromatic rings. The van der Waals surface area contributed by atoms with Crippen molar-refractivity contribution in [3.8, 4) is 5.75 Å². The van der Waals surface area contributed by atoms with Gasteiger partial charge in [-0.25, -0.2) is 0 Å². The minimum absolute atomic E-state index is 0.0203. The Morgan fingerprint density at radius 3 is 2.79 bits per heavy atom. The second-order valence-corrected chi connectivity index (χ2v) is 8.60. The van der Waals surface area contributed by atoms with Crippen LogP contribution >= 0.6 is 11.8 Å². The van der Waals surface area contributed by atoms with Crippen molar-refractivity contribution >= 4 is 23.4 Å². The molecule has 0 bridgehead atoms. The third kappa shape index (κ3) is 7.68. The maximum atomic E-state index is 12.3. The molecule has 0 saturated heterocycles. The highest BCUT2D eigenvalue weighted by molar-refractivity contribution is 7.99. The van der Waals surface area contributed by atoms with Gasteiger partial charge in [-0.2, -0.15) is 0 Å². The van der Waals surface area contributed by atoms with E-state index in [0.717, 1.165) is 24.3 Å². The lowest BCUT2D eigenvalue weighted by atomic mass is 10.2. The molecule has 0 aliphatic rings. The Bertz CT molecular complexity index is 1040. The number of carbonyl (C=O) groups excluding carboxylic acids is 1. The number of aromatic nitrogens is 3. The Morgan fingerprint density at radius 1 is 1.21 bits per heavy atom. The zero-order chi connectivity index (χ0) is 23.5. The Morgan fingerprint density at radius 2 is 2.03 bits per heavy atom. The molecule has 0 spiro atoms. The van der Waals surface area contributed by atoms with E-state index in [2.05, 4.69) is 46.2 Å². The molecular weight excluding hydrogens is 434 g/mol. The smallest absolute Gasteiger partial charge is 0.230 e. The van der Waals surface area contributed by atoms with E-state index in [4.69, 9.17) is 4.74 Å². The van der Waals surface area contributed by atoms with E-state index in [1.165, 1.54) is 17.4 Å². The number of nitrogens with one attached hydrogen (secondary N) is 1. The number of rotatable bonds is 13. The zero-order valence-electron chi connectivity index (χ0n) is 19.2. The molecule has 0 aliphatic heterocycles. The van der Waals surface area contributed by atoms with Crippen molar-refractivity contribution in [1.29, 1.82) is 0 Å². The van der Waals surface area contributed by atoms with E-state index < -0.39 is 0 Å². The van der Waals surface area contributed by atoms with Gasteiger partial charge < -0.3 is 15.0 Å². The van der Waals surface area contributed by atoms with Gasteiger partial charge in [-0.3, -0.25) is 9.36 Å². The van der Waals surface area contributed by atoms with Gasteiger partial charge in [0.2, 0.25) is 5.91 Å². The Balaban J connectivity index is 1.44. The number of carbonyl (C=O) groups is 1. The molecule has 1 N–H and O–H groups in total. The van der Waals surface area contributed by atoms with Crippen LogP contribution in [0.3, 0.4) is 0 Å². The molecule has 8 heteroatoms. The maximum Gasteiger partial charge on any atom is 0.230 e. The van der Waals surface area contributed by atoms with Crippen LogP contribution in [0.5, 0.6) is 5.75 Å². The summed E-state index contributed by atoms with van der Waals surface area (Å²) >= 11 is 1.36. The number of para-hydroxylation sites is 1. The van der Waals surface area contributed by atoms with Crippen molar-refractivity contribution < 1.29 is 9.53 Å². The van der Waals surface area contributed by atoms with Gasteiger partial charge in [0.25, 0.3) is 0 Å². The minimum Gasteiger partial charge on any atom is -0.486 e. The molecule has 0 atom stereocenters. The number of hydrogen-bond donors (Lipinski definition) is 1. The third-order valence-corrected chi connectivity index (χ3v) is 5.95. The molecular formula is C25H31N5O2S. The first-order valence-electron chi connectivity index (χ1n) is 10.9. The Labute approximate surface area is 199 Å². The molecule has 2 aromatic carbocycles. The maximum absolute atomic E-state index is 12.3. The highest BCUT2D eigenvalue weighted by Crippen LogP contribution is 2.19. The number of nitrogens with zero attached hydrogens (tertiary/aromatic N) is 4. The van der Waals surface area contributed by atoms with Crippen LogP contribution in [0.4, 0.5) is 5.69 Å². The summed E-state index contributed by atoms with van der Waals surface area (Å²) in [6.07, 6.45) is 2.65. The highest BCUT2D eigenvalue weighted by atomic mass is 32.2. The predicted octanol–water partition coefficient (Wildman–Crippen LogP) is 4.09. The van der Waals surface area contributed by atoms with Crippen LogP contribution in [0.15, 0.2) is 72.4 Å². The van der Waals surface area contributed by atoms with Crippen molar-refractivity contribution in [2.75, 3.05) is 30.8 Å². The van der Waals surface area contributed by atoms with Crippen molar-refractivity contribution in [2.45, 2.75) is 31.7 Å². The number of aryl methyl sites for hydroxylation is 1. The molecule has 1 amide bonds. The molecule has 0 unspecified atom stereocenters. The average molecular weight is 466 g/mol. The van der Waals surface area contributed by atoms with Crippen molar-refractivity contribution in [2.24, 2.45) is 0 Å². The van der Waals surface area contributed by atoms with Crippen molar-refractivity contribution in [3.63, 3.8) is 0 Å². The van der Waals surface area contributed by atoms with Crippen LogP contribution in [0.25, 0.3) is 0 Å². The minimum atomic E-state index is -0.0203. The summed E-state index contributed by atoms with van der Waals surface area (Å²) in [5, 5.41) is 12.2. The summed E-state index contributed by atoms with van der Waals surface area (Å²) < 4.78 is 7.79. The van der Waals surface area contributed by atoms with Crippen molar-refractivity contribution in [3.05, 3.63) is 78.6 Å². The average Bonchev–Trinajstić information content (AvgIpc) is 3.21. The summed E-state index contributed by atoms with van der Waals surface area (Å²) in [6, 6.07) is 18.1. The molecule has 1 heterocycles. The predicted molar refractivity (Wildman–Crippen MR) is 134 cm³/mol. The van der Waals surface area contributed by atoms with Crippen LogP contribution in [0.2, 0.25) is 0 Å². The van der Waals surface area contributed by atoms with Crippen LogP contribution in [-0.4, -0.2) is 46.6 Å². The van der Waals surface area contributed by atoms with Gasteiger partial charge in [0.15, 0.2) is 11.0 Å². The number of amides is 1. The largest absolute Gasteiger partial charge is 0.486 e.